The quantitative estimate of drug-likeness (QED) is 0.667. The Bertz CT molecular complexity index is 1100. The van der Waals surface area contributed by atoms with Gasteiger partial charge in [-0.05, 0) is 47.5 Å². The van der Waals surface area contributed by atoms with Crippen LogP contribution in [0, 0.1) is 0 Å². The molecule has 4 rings (SSSR count). The van der Waals surface area contributed by atoms with Crippen LogP contribution in [0.2, 0.25) is 5.02 Å². The van der Waals surface area contributed by atoms with E-state index < -0.39 is 35.8 Å². The van der Waals surface area contributed by atoms with Gasteiger partial charge in [0.15, 0.2) is 5.60 Å². The molecule has 0 saturated carbocycles. The normalized spacial score (nSPS) is 21.5. The van der Waals surface area contributed by atoms with E-state index in [1.54, 1.807) is 18.2 Å². The Hall–Kier alpha value is -3.24. The minimum absolute atomic E-state index is 0.121. The second-order valence-electron chi connectivity index (χ2n) is 7.08. The monoisotopic (exact) mass is 468 g/mol. The standard InChI is InChI=1S/C21H16ClF3N2O5/c1-30-19(29)20-9-11-8-12(22)2-7-15(11)16(20)10-26-18(32-20)17(28)27-13-3-5-14(6-4-13)31-21(23,24)25/h2-8,10,18,26H,9H2,1H3,(H,27,28). The molecule has 0 bridgehead atoms. The van der Waals surface area contributed by atoms with Gasteiger partial charge in [-0.25, -0.2) is 4.79 Å². The molecule has 2 N–H and O–H groups in total. The summed E-state index contributed by atoms with van der Waals surface area (Å²) in [7, 11) is 1.22. The first-order valence-electron chi connectivity index (χ1n) is 9.30. The Labute approximate surface area is 185 Å². The van der Waals surface area contributed by atoms with Crippen molar-refractivity contribution in [1.82, 2.24) is 5.32 Å². The van der Waals surface area contributed by atoms with Crippen molar-refractivity contribution in [3.8, 4) is 5.75 Å². The number of halogens is 4. The number of esters is 1. The minimum Gasteiger partial charge on any atom is -0.467 e. The van der Waals surface area contributed by atoms with Crippen molar-refractivity contribution >= 4 is 34.7 Å². The maximum atomic E-state index is 12.7. The lowest BCUT2D eigenvalue weighted by Crippen LogP contribution is -2.55. The van der Waals surface area contributed by atoms with Gasteiger partial charge < -0.3 is 24.8 Å². The molecule has 2 aromatic carbocycles. The number of hydrogen-bond donors (Lipinski definition) is 2. The minimum atomic E-state index is -4.82. The Kier molecular flexibility index (Phi) is 5.51. The summed E-state index contributed by atoms with van der Waals surface area (Å²) in [4.78, 5) is 25.5. The average Bonchev–Trinajstić information content (AvgIpc) is 3.07. The number of rotatable bonds is 4. The zero-order chi connectivity index (χ0) is 23.1. The smallest absolute Gasteiger partial charge is 0.467 e. The van der Waals surface area contributed by atoms with Crippen LogP contribution in [0.3, 0.4) is 0 Å². The summed E-state index contributed by atoms with van der Waals surface area (Å²) in [5, 5.41) is 5.81. The molecule has 1 aliphatic carbocycles. The highest BCUT2D eigenvalue weighted by atomic mass is 35.5. The zero-order valence-corrected chi connectivity index (χ0v) is 17.2. The second-order valence-corrected chi connectivity index (χ2v) is 7.52. The highest BCUT2D eigenvalue weighted by Crippen LogP contribution is 2.46. The molecule has 0 aromatic heterocycles. The number of nitrogens with one attached hydrogen (secondary N) is 2. The van der Waals surface area contributed by atoms with E-state index in [0.29, 0.717) is 10.6 Å². The van der Waals surface area contributed by atoms with Crippen LogP contribution < -0.4 is 15.4 Å². The number of ether oxygens (including phenoxy) is 3. The van der Waals surface area contributed by atoms with E-state index >= 15 is 0 Å². The van der Waals surface area contributed by atoms with Crippen molar-refractivity contribution in [3.63, 3.8) is 0 Å². The summed E-state index contributed by atoms with van der Waals surface area (Å²) in [6.07, 6.45) is -4.45. The first-order valence-corrected chi connectivity index (χ1v) is 9.67. The summed E-state index contributed by atoms with van der Waals surface area (Å²) in [5.74, 6) is -1.77. The van der Waals surface area contributed by atoms with Crippen LogP contribution in [0.4, 0.5) is 18.9 Å². The largest absolute Gasteiger partial charge is 0.573 e. The van der Waals surface area contributed by atoms with Crippen molar-refractivity contribution in [1.29, 1.82) is 0 Å². The van der Waals surface area contributed by atoms with Crippen LogP contribution >= 0.6 is 11.6 Å². The molecule has 2 unspecified atom stereocenters. The van der Waals surface area contributed by atoms with Gasteiger partial charge in [-0.1, -0.05) is 17.7 Å². The van der Waals surface area contributed by atoms with Crippen molar-refractivity contribution in [2.24, 2.45) is 0 Å². The fraction of sp³-hybridized carbons (Fsp3) is 0.238. The number of alkyl halides is 3. The molecular weight excluding hydrogens is 453 g/mol. The molecular formula is C21H16ClF3N2O5. The number of anilines is 1. The van der Waals surface area contributed by atoms with E-state index in [2.05, 4.69) is 15.4 Å². The summed E-state index contributed by atoms with van der Waals surface area (Å²) >= 11 is 6.07. The summed E-state index contributed by atoms with van der Waals surface area (Å²) < 4.78 is 51.5. The fourth-order valence-electron chi connectivity index (χ4n) is 3.72. The third-order valence-electron chi connectivity index (χ3n) is 5.04. The van der Waals surface area contributed by atoms with Crippen LogP contribution in [0.5, 0.6) is 5.75 Å². The molecule has 2 aliphatic rings. The van der Waals surface area contributed by atoms with Crippen LogP contribution in [-0.4, -0.2) is 37.2 Å². The van der Waals surface area contributed by atoms with Crippen molar-refractivity contribution in [2.75, 3.05) is 12.4 Å². The van der Waals surface area contributed by atoms with Gasteiger partial charge in [-0.3, -0.25) is 4.79 Å². The predicted molar refractivity (Wildman–Crippen MR) is 108 cm³/mol. The molecule has 0 spiro atoms. The van der Waals surface area contributed by atoms with Crippen LogP contribution in [0.25, 0.3) is 5.57 Å². The Balaban J connectivity index is 1.53. The van der Waals surface area contributed by atoms with Gasteiger partial charge >= 0.3 is 12.3 Å². The first kappa shape index (κ1) is 22.0. The van der Waals surface area contributed by atoms with Gasteiger partial charge in [0.25, 0.3) is 5.91 Å². The molecule has 1 heterocycles. The molecule has 11 heteroatoms. The van der Waals surface area contributed by atoms with E-state index in [4.69, 9.17) is 21.1 Å². The third-order valence-corrected chi connectivity index (χ3v) is 5.27. The lowest BCUT2D eigenvalue weighted by molar-refractivity contribution is -0.274. The number of carbonyl (C=O) groups is 2. The number of fused-ring (bicyclic) bond motifs is 3. The van der Waals surface area contributed by atoms with Gasteiger partial charge in [0, 0.05) is 28.9 Å². The van der Waals surface area contributed by atoms with E-state index in [0.717, 1.165) is 23.3 Å². The van der Waals surface area contributed by atoms with E-state index in [1.165, 1.54) is 25.4 Å². The molecule has 0 radical (unpaired) electrons. The number of methoxy groups -OCH3 is 1. The second kappa shape index (κ2) is 8.03. The predicted octanol–water partition coefficient (Wildman–Crippen LogP) is 3.63. The molecule has 1 aliphatic heterocycles. The Morgan fingerprint density at radius 3 is 2.59 bits per heavy atom. The molecule has 168 valence electrons. The molecule has 1 amide bonds. The van der Waals surface area contributed by atoms with Gasteiger partial charge in [-0.2, -0.15) is 0 Å². The number of carbonyl (C=O) groups excluding carboxylic acids is 2. The highest BCUT2D eigenvalue weighted by molar-refractivity contribution is 6.30. The van der Waals surface area contributed by atoms with E-state index in [9.17, 15) is 22.8 Å². The highest BCUT2D eigenvalue weighted by Gasteiger charge is 2.54. The first-order chi connectivity index (χ1) is 15.1. The van der Waals surface area contributed by atoms with Crippen molar-refractivity contribution in [3.05, 3.63) is 64.8 Å². The SMILES string of the molecule is COC(=O)C12Cc3cc(Cl)ccc3C1=CNC(C(=O)Nc1ccc(OC(F)(F)F)cc1)O2. The molecule has 0 fully saturated rings. The van der Waals surface area contributed by atoms with Crippen LogP contribution in [-0.2, 0) is 25.5 Å². The maximum Gasteiger partial charge on any atom is 0.573 e. The van der Waals surface area contributed by atoms with Crippen LogP contribution in [0.15, 0.2) is 48.7 Å². The lowest BCUT2D eigenvalue weighted by Gasteiger charge is -2.36. The lowest BCUT2D eigenvalue weighted by atomic mass is 9.93. The Morgan fingerprint density at radius 1 is 1.22 bits per heavy atom. The summed E-state index contributed by atoms with van der Waals surface area (Å²) in [6, 6.07) is 9.75. The maximum absolute atomic E-state index is 12.7. The Morgan fingerprint density at radius 2 is 1.94 bits per heavy atom. The number of hydrogen-bond acceptors (Lipinski definition) is 6. The van der Waals surface area contributed by atoms with E-state index in [-0.39, 0.29) is 12.1 Å². The molecule has 32 heavy (non-hydrogen) atoms. The topological polar surface area (TPSA) is 85.9 Å². The van der Waals surface area contributed by atoms with E-state index in [1.807, 2.05) is 0 Å². The average molecular weight is 469 g/mol. The number of amides is 1. The number of benzene rings is 2. The summed E-state index contributed by atoms with van der Waals surface area (Å²) in [6.45, 7) is 0. The van der Waals surface area contributed by atoms with Gasteiger partial charge in [0.2, 0.25) is 6.23 Å². The molecule has 0 saturated heterocycles. The van der Waals surface area contributed by atoms with Crippen molar-refractivity contribution in [2.45, 2.75) is 24.6 Å². The molecule has 7 nitrogen and oxygen atoms in total. The van der Waals surface area contributed by atoms with Crippen molar-refractivity contribution < 1.29 is 37.0 Å². The fourth-order valence-corrected chi connectivity index (χ4v) is 3.91. The van der Waals surface area contributed by atoms with Crippen LogP contribution in [0.1, 0.15) is 11.1 Å². The third kappa shape index (κ3) is 4.11. The molecule has 2 aromatic rings. The van der Waals surface area contributed by atoms with Gasteiger partial charge in [0.05, 0.1) is 7.11 Å². The zero-order valence-electron chi connectivity index (χ0n) is 16.5. The van der Waals surface area contributed by atoms with Gasteiger partial charge in [0.1, 0.15) is 5.75 Å². The van der Waals surface area contributed by atoms with Gasteiger partial charge in [-0.15, -0.1) is 13.2 Å². The summed E-state index contributed by atoms with van der Waals surface area (Å²) in [5.41, 5.74) is 0.676. The molecule has 2 atom stereocenters.